The van der Waals surface area contributed by atoms with Gasteiger partial charge >= 0.3 is 0 Å². The van der Waals surface area contributed by atoms with Gasteiger partial charge in [0.1, 0.15) is 0 Å². The number of carbonyl (C=O) groups excluding carboxylic acids is 1. The third-order valence-corrected chi connectivity index (χ3v) is 2.83. The molecule has 4 nitrogen and oxygen atoms in total. The van der Waals surface area contributed by atoms with Gasteiger partial charge in [0, 0.05) is 30.2 Å². The minimum atomic E-state index is 0.0403. The Morgan fingerprint density at radius 2 is 2.00 bits per heavy atom. The fraction of sp³-hybridized carbons (Fsp3) is 0.500. The number of hydrogen-bond acceptors (Lipinski definition) is 4. The van der Waals surface area contributed by atoms with E-state index in [9.17, 15) is 4.79 Å². The number of thiol groups is 1. The number of anilines is 1. The SMILES string of the molecule is CCOCCNCCCC(=O)Nc1ccc(S)cc1. The summed E-state index contributed by atoms with van der Waals surface area (Å²) in [7, 11) is 0. The molecule has 0 radical (unpaired) electrons. The Bertz CT molecular complexity index is 368. The number of ether oxygens (including phenoxy) is 1. The number of hydrogen-bond donors (Lipinski definition) is 3. The summed E-state index contributed by atoms with van der Waals surface area (Å²) in [5.41, 5.74) is 0.812. The van der Waals surface area contributed by atoms with Crippen LogP contribution in [0.3, 0.4) is 0 Å². The van der Waals surface area contributed by atoms with E-state index in [0.717, 1.165) is 43.3 Å². The summed E-state index contributed by atoms with van der Waals surface area (Å²) in [5, 5.41) is 6.09. The maximum absolute atomic E-state index is 11.6. The Morgan fingerprint density at radius 3 is 2.68 bits per heavy atom. The highest BCUT2D eigenvalue weighted by molar-refractivity contribution is 7.80. The van der Waals surface area contributed by atoms with Crippen molar-refractivity contribution in [1.29, 1.82) is 0 Å². The van der Waals surface area contributed by atoms with E-state index in [0.29, 0.717) is 6.42 Å². The molecule has 106 valence electrons. The van der Waals surface area contributed by atoms with Gasteiger partial charge in [0.15, 0.2) is 0 Å². The van der Waals surface area contributed by atoms with E-state index < -0.39 is 0 Å². The van der Waals surface area contributed by atoms with Crippen LogP contribution in [0.25, 0.3) is 0 Å². The Morgan fingerprint density at radius 1 is 1.26 bits per heavy atom. The van der Waals surface area contributed by atoms with Crippen LogP contribution in [-0.2, 0) is 9.53 Å². The number of carbonyl (C=O) groups is 1. The van der Waals surface area contributed by atoms with Gasteiger partial charge in [-0.3, -0.25) is 4.79 Å². The highest BCUT2D eigenvalue weighted by atomic mass is 32.1. The summed E-state index contributed by atoms with van der Waals surface area (Å²) < 4.78 is 5.20. The van der Waals surface area contributed by atoms with Gasteiger partial charge in [-0.1, -0.05) is 0 Å². The molecule has 0 aliphatic heterocycles. The van der Waals surface area contributed by atoms with E-state index in [2.05, 4.69) is 23.3 Å². The van der Waals surface area contributed by atoms with E-state index in [1.165, 1.54) is 0 Å². The normalized spacial score (nSPS) is 10.4. The molecule has 0 saturated carbocycles. The van der Waals surface area contributed by atoms with E-state index in [1.807, 2.05) is 31.2 Å². The fourth-order valence-corrected chi connectivity index (χ4v) is 1.70. The molecule has 5 heteroatoms. The number of rotatable bonds is 9. The largest absolute Gasteiger partial charge is 0.380 e. The maximum Gasteiger partial charge on any atom is 0.224 e. The molecule has 0 heterocycles. The van der Waals surface area contributed by atoms with Crippen molar-refractivity contribution >= 4 is 24.2 Å². The minimum absolute atomic E-state index is 0.0403. The van der Waals surface area contributed by atoms with E-state index in [4.69, 9.17) is 4.74 Å². The van der Waals surface area contributed by atoms with Crippen LogP contribution in [0.1, 0.15) is 19.8 Å². The van der Waals surface area contributed by atoms with E-state index in [1.54, 1.807) is 0 Å². The van der Waals surface area contributed by atoms with Gasteiger partial charge in [0.2, 0.25) is 5.91 Å². The molecule has 1 aromatic carbocycles. The van der Waals surface area contributed by atoms with Crippen molar-refractivity contribution in [3.05, 3.63) is 24.3 Å². The van der Waals surface area contributed by atoms with Gasteiger partial charge < -0.3 is 15.4 Å². The molecule has 1 rings (SSSR count). The molecule has 1 amide bonds. The third kappa shape index (κ3) is 7.87. The first-order chi connectivity index (χ1) is 9.22. The van der Waals surface area contributed by atoms with Gasteiger partial charge in [0.25, 0.3) is 0 Å². The van der Waals surface area contributed by atoms with Crippen molar-refractivity contribution in [3.8, 4) is 0 Å². The van der Waals surface area contributed by atoms with Crippen molar-refractivity contribution in [2.75, 3.05) is 31.6 Å². The third-order valence-electron chi connectivity index (χ3n) is 2.54. The molecule has 0 atom stereocenters. The van der Waals surface area contributed by atoms with Crippen LogP contribution >= 0.6 is 12.6 Å². The summed E-state index contributed by atoms with van der Waals surface area (Å²) in [5.74, 6) is 0.0403. The van der Waals surface area contributed by atoms with Crippen molar-refractivity contribution in [2.45, 2.75) is 24.7 Å². The molecule has 2 N–H and O–H groups in total. The summed E-state index contributed by atoms with van der Waals surface area (Å²) in [4.78, 5) is 12.5. The lowest BCUT2D eigenvalue weighted by atomic mass is 10.2. The van der Waals surface area contributed by atoms with Crippen molar-refractivity contribution in [3.63, 3.8) is 0 Å². The molecular weight excluding hydrogens is 260 g/mol. The van der Waals surface area contributed by atoms with Crippen molar-refractivity contribution < 1.29 is 9.53 Å². The average Bonchev–Trinajstić information content (AvgIpc) is 2.40. The number of amides is 1. The minimum Gasteiger partial charge on any atom is -0.380 e. The predicted molar refractivity (Wildman–Crippen MR) is 80.9 cm³/mol. The summed E-state index contributed by atoms with van der Waals surface area (Å²) in [6, 6.07) is 7.41. The van der Waals surface area contributed by atoms with E-state index >= 15 is 0 Å². The molecule has 0 fully saturated rings. The highest BCUT2D eigenvalue weighted by Gasteiger charge is 2.01. The van der Waals surface area contributed by atoms with Crippen LogP contribution in [0.15, 0.2) is 29.2 Å². The first-order valence-corrected chi connectivity index (χ1v) is 7.04. The summed E-state index contributed by atoms with van der Waals surface area (Å²) in [6.07, 6.45) is 1.34. The number of nitrogens with one attached hydrogen (secondary N) is 2. The molecule has 1 aromatic rings. The molecule has 0 aliphatic rings. The molecular formula is C14H22N2O2S. The van der Waals surface area contributed by atoms with Gasteiger partial charge in [-0.25, -0.2) is 0 Å². The smallest absolute Gasteiger partial charge is 0.224 e. The molecule has 0 aliphatic carbocycles. The first-order valence-electron chi connectivity index (χ1n) is 6.59. The van der Waals surface area contributed by atoms with E-state index in [-0.39, 0.29) is 5.91 Å². The van der Waals surface area contributed by atoms with Crippen LogP contribution in [0.4, 0.5) is 5.69 Å². The zero-order chi connectivity index (χ0) is 13.9. The first kappa shape index (κ1) is 16.0. The second-order valence-corrected chi connectivity index (χ2v) is 4.66. The maximum atomic E-state index is 11.6. The van der Waals surface area contributed by atoms with Gasteiger partial charge in [-0.05, 0) is 44.2 Å². The lowest BCUT2D eigenvalue weighted by Crippen LogP contribution is -2.22. The van der Waals surface area contributed by atoms with Crippen molar-refractivity contribution in [1.82, 2.24) is 5.32 Å². The van der Waals surface area contributed by atoms with Gasteiger partial charge in [-0.2, -0.15) is 0 Å². The number of benzene rings is 1. The molecule has 0 saturated heterocycles. The second kappa shape index (κ2) is 9.83. The van der Waals surface area contributed by atoms with Crippen LogP contribution < -0.4 is 10.6 Å². The predicted octanol–water partition coefficient (Wildman–Crippen LogP) is 2.32. The molecule has 0 spiro atoms. The van der Waals surface area contributed by atoms with Gasteiger partial charge in [-0.15, -0.1) is 12.6 Å². The average molecular weight is 282 g/mol. The quantitative estimate of drug-likeness (QED) is 0.481. The van der Waals surface area contributed by atoms with Crippen LogP contribution in [0.5, 0.6) is 0 Å². The lowest BCUT2D eigenvalue weighted by Gasteiger charge is -2.06. The highest BCUT2D eigenvalue weighted by Crippen LogP contribution is 2.12. The Labute approximate surface area is 120 Å². The second-order valence-electron chi connectivity index (χ2n) is 4.15. The molecule has 0 bridgehead atoms. The fourth-order valence-electron chi connectivity index (χ4n) is 1.56. The molecule has 0 aromatic heterocycles. The summed E-state index contributed by atoms with van der Waals surface area (Å²) >= 11 is 4.20. The van der Waals surface area contributed by atoms with Crippen LogP contribution in [-0.4, -0.2) is 32.2 Å². The van der Waals surface area contributed by atoms with Crippen LogP contribution in [0.2, 0.25) is 0 Å². The van der Waals surface area contributed by atoms with Crippen molar-refractivity contribution in [2.24, 2.45) is 0 Å². The Balaban J connectivity index is 2.06. The zero-order valence-electron chi connectivity index (χ0n) is 11.3. The monoisotopic (exact) mass is 282 g/mol. The van der Waals surface area contributed by atoms with Crippen LogP contribution in [0, 0.1) is 0 Å². The standard InChI is InChI=1S/C14H22N2O2S/c1-2-18-11-10-15-9-3-4-14(17)16-12-5-7-13(19)8-6-12/h5-8,15,19H,2-4,9-11H2,1H3,(H,16,17). The van der Waals surface area contributed by atoms with Gasteiger partial charge in [0.05, 0.1) is 6.61 Å². The molecule has 0 unspecified atom stereocenters. The topological polar surface area (TPSA) is 50.4 Å². The summed E-state index contributed by atoms with van der Waals surface area (Å²) in [6.45, 7) is 5.10. The Hall–Kier alpha value is -1.04. The Kier molecular flexibility index (Phi) is 8.29. The lowest BCUT2D eigenvalue weighted by molar-refractivity contribution is -0.116. The molecule has 19 heavy (non-hydrogen) atoms. The zero-order valence-corrected chi connectivity index (χ0v) is 12.2.